The number of carboxylic acid groups (broad SMARTS) is 1. The molecule has 20 heavy (non-hydrogen) atoms. The van der Waals surface area contributed by atoms with Crippen molar-refractivity contribution < 1.29 is 15.0 Å². The van der Waals surface area contributed by atoms with E-state index in [4.69, 9.17) is 23.2 Å². The van der Waals surface area contributed by atoms with E-state index in [1.165, 1.54) is 18.2 Å². The lowest BCUT2D eigenvalue weighted by Crippen LogP contribution is -1.99. The molecule has 0 heterocycles. The maximum atomic E-state index is 11.4. The number of halogens is 2. The number of hydrogen-bond donors (Lipinski definition) is 2. The molecule has 0 aromatic heterocycles. The minimum atomic E-state index is -1.06. The van der Waals surface area contributed by atoms with Crippen molar-refractivity contribution in [3.05, 3.63) is 63.6 Å². The molecule has 3 nitrogen and oxygen atoms in total. The van der Waals surface area contributed by atoms with Crippen LogP contribution in [0.5, 0.6) is 5.75 Å². The molecule has 0 aliphatic carbocycles. The summed E-state index contributed by atoms with van der Waals surface area (Å²) in [7, 11) is 0. The van der Waals surface area contributed by atoms with Crippen LogP contribution in [0.3, 0.4) is 0 Å². The van der Waals surface area contributed by atoms with Gasteiger partial charge >= 0.3 is 5.97 Å². The summed E-state index contributed by atoms with van der Waals surface area (Å²) in [5.74, 6) is -1.28. The highest BCUT2D eigenvalue weighted by molar-refractivity contribution is 6.37. The number of phenolic OH excluding ortho intramolecular Hbond substituents is 1. The fraction of sp³-hybridized carbons (Fsp3) is 0. The quantitative estimate of drug-likeness (QED) is 0.655. The van der Waals surface area contributed by atoms with E-state index < -0.39 is 5.97 Å². The van der Waals surface area contributed by atoms with Crippen LogP contribution in [-0.2, 0) is 4.79 Å². The van der Waals surface area contributed by atoms with Crippen molar-refractivity contribution >= 4 is 40.8 Å². The number of rotatable bonds is 3. The normalized spacial score (nSPS) is 11.4. The zero-order chi connectivity index (χ0) is 14.7. The van der Waals surface area contributed by atoms with Crippen LogP contribution in [0.2, 0.25) is 10.0 Å². The molecule has 0 saturated carbocycles. The second-order valence-electron chi connectivity index (χ2n) is 4.06. The van der Waals surface area contributed by atoms with Crippen molar-refractivity contribution in [2.24, 2.45) is 0 Å². The number of carboxylic acids is 1. The zero-order valence-electron chi connectivity index (χ0n) is 10.2. The molecule has 0 spiro atoms. The highest BCUT2D eigenvalue weighted by Crippen LogP contribution is 2.34. The van der Waals surface area contributed by atoms with Crippen LogP contribution < -0.4 is 0 Å². The summed E-state index contributed by atoms with van der Waals surface area (Å²) in [4.78, 5) is 11.4. The lowest BCUT2D eigenvalue weighted by Gasteiger charge is -2.05. The molecule has 0 saturated heterocycles. The summed E-state index contributed by atoms with van der Waals surface area (Å²) in [6.07, 6.45) is 1.45. The first kappa shape index (κ1) is 14.4. The number of carbonyl (C=O) groups is 1. The third-order valence-corrected chi connectivity index (χ3v) is 3.24. The molecular weight excluding hydrogens is 299 g/mol. The first-order chi connectivity index (χ1) is 9.49. The van der Waals surface area contributed by atoms with Gasteiger partial charge in [-0.3, -0.25) is 0 Å². The molecule has 0 atom stereocenters. The zero-order valence-corrected chi connectivity index (χ0v) is 11.7. The number of benzene rings is 2. The summed E-state index contributed by atoms with van der Waals surface area (Å²) in [6, 6.07) is 11.6. The summed E-state index contributed by atoms with van der Waals surface area (Å²) < 4.78 is 0. The Morgan fingerprint density at radius 2 is 1.60 bits per heavy atom. The number of aromatic hydroxyl groups is 1. The third kappa shape index (κ3) is 3.13. The summed E-state index contributed by atoms with van der Waals surface area (Å²) in [5.41, 5.74) is 1.18. The van der Waals surface area contributed by atoms with Gasteiger partial charge in [0.2, 0.25) is 0 Å². The molecule has 0 unspecified atom stereocenters. The van der Waals surface area contributed by atoms with E-state index in [-0.39, 0.29) is 21.4 Å². The SMILES string of the molecule is O=C(O)/C(=C/c1cc(Cl)c(O)c(Cl)c1)c1ccccc1. The van der Waals surface area contributed by atoms with Gasteiger partial charge in [-0.15, -0.1) is 0 Å². The molecule has 0 aliphatic rings. The molecule has 2 aromatic rings. The average molecular weight is 309 g/mol. The van der Waals surface area contributed by atoms with Gasteiger partial charge in [0, 0.05) is 0 Å². The van der Waals surface area contributed by atoms with Gasteiger partial charge in [0.15, 0.2) is 5.75 Å². The highest BCUT2D eigenvalue weighted by Gasteiger charge is 2.12. The van der Waals surface area contributed by atoms with Gasteiger partial charge in [-0.1, -0.05) is 53.5 Å². The maximum Gasteiger partial charge on any atom is 0.336 e. The first-order valence-corrected chi connectivity index (χ1v) is 6.43. The Hall–Kier alpha value is -1.97. The second kappa shape index (κ2) is 5.99. The van der Waals surface area contributed by atoms with Crippen LogP contribution in [0.4, 0.5) is 0 Å². The number of hydrogen-bond acceptors (Lipinski definition) is 2. The Morgan fingerprint density at radius 1 is 1.05 bits per heavy atom. The largest absolute Gasteiger partial charge is 0.505 e. The van der Waals surface area contributed by atoms with E-state index >= 15 is 0 Å². The van der Waals surface area contributed by atoms with Crippen molar-refractivity contribution in [3.8, 4) is 5.75 Å². The second-order valence-corrected chi connectivity index (χ2v) is 4.88. The Balaban J connectivity index is 2.53. The van der Waals surface area contributed by atoms with Crippen molar-refractivity contribution in [2.75, 3.05) is 0 Å². The van der Waals surface area contributed by atoms with Crippen molar-refractivity contribution in [2.45, 2.75) is 0 Å². The minimum absolute atomic E-state index is 0.0709. The maximum absolute atomic E-state index is 11.4. The van der Waals surface area contributed by atoms with Crippen LogP contribution in [-0.4, -0.2) is 16.2 Å². The molecule has 102 valence electrons. The topological polar surface area (TPSA) is 57.5 Å². The molecular formula is C15H10Cl2O3. The Labute approximate surface area is 125 Å². The Bertz CT molecular complexity index is 656. The molecule has 2 aromatic carbocycles. The predicted octanol–water partition coefficient (Wildman–Crippen LogP) is 4.32. The van der Waals surface area contributed by atoms with Crippen LogP contribution >= 0.6 is 23.2 Å². The van der Waals surface area contributed by atoms with Crippen LogP contribution in [0.25, 0.3) is 11.6 Å². The van der Waals surface area contributed by atoms with Gasteiger partial charge < -0.3 is 10.2 Å². The monoisotopic (exact) mass is 308 g/mol. The molecule has 0 radical (unpaired) electrons. The Kier molecular flexibility index (Phi) is 4.32. The molecule has 5 heteroatoms. The van der Waals surface area contributed by atoms with E-state index in [0.29, 0.717) is 11.1 Å². The van der Waals surface area contributed by atoms with Crippen LogP contribution in [0.15, 0.2) is 42.5 Å². The van der Waals surface area contributed by atoms with Gasteiger partial charge in [0.1, 0.15) is 0 Å². The van der Waals surface area contributed by atoms with E-state index in [1.807, 2.05) is 0 Å². The van der Waals surface area contributed by atoms with E-state index in [1.54, 1.807) is 30.3 Å². The van der Waals surface area contributed by atoms with Crippen molar-refractivity contribution in [3.63, 3.8) is 0 Å². The smallest absolute Gasteiger partial charge is 0.336 e. The number of phenols is 1. The van der Waals surface area contributed by atoms with Gasteiger partial charge in [-0.25, -0.2) is 4.79 Å². The van der Waals surface area contributed by atoms with Gasteiger partial charge in [-0.2, -0.15) is 0 Å². The van der Waals surface area contributed by atoms with E-state index in [0.717, 1.165) is 0 Å². The molecule has 2 N–H and O–H groups in total. The minimum Gasteiger partial charge on any atom is -0.505 e. The van der Waals surface area contributed by atoms with Crippen molar-refractivity contribution in [1.29, 1.82) is 0 Å². The molecule has 2 rings (SSSR count). The summed E-state index contributed by atoms with van der Waals surface area (Å²) in [6.45, 7) is 0. The molecule has 0 amide bonds. The molecule has 0 fully saturated rings. The van der Waals surface area contributed by atoms with Crippen molar-refractivity contribution in [1.82, 2.24) is 0 Å². The lowest BCUT2D eigenvalue weighted by molar-refractivity contribution is -0.130. The lowest BCUT2D eigenvalue weighted by atomic mass is 10.0. The van der Waals surface area contributed by atoms with E-state index in [9.17, 15) is 15.0 Å². The first-order valence-electron chi connectivity index (χ1n) is 5.67. The van der Waals surface area contributed by atoms with Crippen LogP contribution in [0.1, 0.15) is 11.1 Å². The molecule has 0 aliphatic heterocycles. The third-order valence-electron chi connectivity index (χ3n) is 2.67. The van der Waals surface area contributed by atoms with Crippen LogP contribution in [0, 0.1) is 0 Å². The Morgan fingerprint density at radius 3 is 2.10 bits per heavy atom. The average Bonchev–Trinajstić information content (AvgIpc) is 2.42. The fourth-order valence-electron chi connectivity index (χ4n) is 1.72. The van der Waals surface area contributed by atoms with E-state index in [2.05, 4.69) is 0 Å². The van der Waals surface area contributed by atoms with Gasteiger partial charge in [0.25, 0.3) is 0 Å². The number of aliphatic carboxylic acids is 1. The molecule has 0 bridgehead atoms. The highest BCUT2D eigenvalue weighted by atomic mass is 35.5. The summed E-state index contributed by atoms with van der Waals surface area (Å²) >= 11 is 11.6. The summed E-state index contributed by atoms with van der Waals surface area (Å²) in [5, 5.41) is 18.9. The fourth-order valence-corrected chi connectivity index (χ4v) is 2.23. The predicted molar refractivity (Wildman–Crippen MR) is 80.1 cm³/mol. The van der Waals surface area contributed by atoms with Gasteiger partial charge in [0.05, 0.1) is 15.6 Å². The standard InChI is InChI=1S/C15H10Cl2O3/c16-12-7-9(8-13(17)14(12)18)6-11(15(19)20)10-4-2-1-3-5-10/h1-8,18H,(H,19,20)/b11-6+. The van der Waals surface area contributed by atoms with Gasteiger partial charge in [-0.05, 0) is 29.3 Å².